The van der Waals surface area contributed by atoms with Crippen LogP contribution in [0.15, 0.2) is 6.07 Å². The van der Waals surface area contributed by atoms with Gasteiger partial charge in [0, 0.05) is 18.7 Å². The lowest BCUT2D eigenvalue weighted by Gasteiger charge is -2.31. The Morgan fingerprint density at radius 1 is 1.30 bits per heavy atom. The van der Waals surface area contributed by atoms with Gasteiger partial charge in [-0.15, -0.1) is 0 Å². The van der Waals surface area contributed by atoms with Crippen molar-refractivity contribution in [3.05, 3.63) is 17.5 Å². The molecule has 1 heterocycles. The fraction of sp³-hybridized carbons (Fsp3) is 0.824. The largest absolute Gasteiger partial charge is 0.392 e. The van der Waals surface area contributed by atoms with Crippen molar-refractivity contribution in [3.63, 3.8) is 0 Å². The van der Waals surface area contributed by atoms with Gasteiger partial charge in [0.15, 0.2) is 0 Å². The Morgan fingerprint density at radius 3 is 2.60 bits per heavy atom. The van der Waals surface area contributed by atoms with Crippen LogP contribution in [-0.2, 0) is 13.0 Å². The molecule has 1 fully saturated rings. The van der Waals surface area contributed by atoms with Gasteiger partial charge in [-0.3, -0.25) is 4.68 Å². The molecule has 0 saturated heterocycles. The van der Waals surface area contributed by atoms with Crippen LogP contribution in [0.25, 0.3) is 0 Å². The normalized spacial score (nSPS) is 24.8. The van der Waals surface area contributed by atoms with Gasteiger partial charge in [-0.25, -0.2) is 0 Å². The highest BCUT2D eigenvalue weighted by molar-refractivity contribution is 5.10. The second-order valence-corrected chi connectivity index (χ2v) is 6.43. The second kappa shape index (κ2) is 7.26. The van der Waals surface area contributed by atoms with Crippen LogP contribution in [0, 0.1) is 18.8 Å². The maximum Gasteiger partial charge on any atom is 0.0623 e. The Labute approximate surface area is 123 Å². The highest BCUT2D eigenvalue weighted by Crippen LogP contribution is 2.34. The lowest BCUT2D eigenvalue weighted by atomic mass is 9.77. The molecule has 3 heteroatoms. The number of aliphatic hydroxyl groups excluding tert-OH is 1. The summed E-state index contributed by atoms with van der Waals surface area (Å²) in [7, 11) is 0. The topological polar surface area (TPSA) is 38.1 Å². The average molecular weight is 278 g/mol. The lowest BCUT2D eigenvalue weighted by Crippen LogP contribution is -2.28. The molecular weight excluding hydrogens is 248 g/mol. The number of aliphatic hydroxyl groups is 1. The van der Waals surface area contributed by atoms with Crippen molar-refractivity contribution < 1.29 is 5.11 Å². The molecule has 1 aromatic rings. The van der Waals surface area contributed by atoms with Crippen LogP contribution in [-0.4, -0.2) is 21.0 Å². The minimum Gasteiger partial charge on any atom is -0.392 e. The van der Waals surface area contributed by atoms with E-state index in [9.17, 15) is 5.11 Å². The number of aryl methyl sites for hydroxylation is 2. The Balaban J connectivity index is 1.87. The summed E-state index contributed by atoms with van der Waals surface area (Å²) in [5.41, 5.74) is 2.24. The molecule has 1 aromatic heterocycles. The molecule has 1 atom stereocenters. The first kappa shape index (κ1) is 15.6. The van der Waals surface area contributed by atoms with E-state index in [0.717, 1.165) is 24.6 Å². The van der Waals surface area contributed by atoms with E-state index in [0.29, 0.717) is 5.92 Å². The SMILES string of the molecule is CCCC1CCC(C(O)Cc2cc(C)nn2CC)CC1. The quantitative estimate of drug-likeness (QED) is 0.861. The van der Waals surface area contributed by atoms with E-state index in [1.165, 1.54) is 44.2 Å². The highest BCUT2D eigenvalue weighted by atomic mass is 16.3. The van der Waals surface area contributed by atoms with Crippen molar-refractivity contribution >= 4 is 0 Å². The highest BCUT2D eigenvalue weighted by Gasteiger charge is 2.26. The van der Waals surface area contributed by atoms with Gasteiger partial charge in [0.05, 0.1) is 11.8 Å². The molecular formula is C17H30N2O. The summed E-state index contributed by atoms with van der Waals surface area (Å²) in [6, 6.07) is 2.12. The molecule has 0 bridgehead atoms. The fourth-order valence-electron chi connectivity index (χ4n) is 3.69. The van der Waals surface area contributed by atoms with Crippen LogP contribution < -0.4 is 0 Å². The Morgan fingerprint density at radius 2 is 2.00 bits per heavy atom. The first-order chi connectivity index (χ1) is 9.63. The van der Waals surface area contributed by atoms with Crippen LogP contribution >= 0.6 is 0 Å². The predicted molar refractivity (Wildman–Crippen MR) is 82.7 cm³/mol. The van der Waals surface area contributed by atoms with Gasteiger partial charge in [0.25, 0.3) is 0 Å². The Bertz CT molecular complexity index is 405. The molecule has 0 amide bonds. The van der Waals surface area contributed by atoms with Crippen molar-refractivity contribution in [3.8, 4) is 0 Å². The molecule has 20 heavy (non-hydrogen) atoms. The van der Waals surface area contributed by atoms with Crippen LogP contribution in [0.4, 0.5) is 0 Å². The molecule has 0 spiro atoms. The molecule has 1 aliphatic rings. The van der Waals surface area contributed by atoms with E-state index in [1.54, 1.807) is 0 Å². The zero-order valence-corrected chi connectivity index (χ0v) is 13.3. The van der Waals surface area contributed by atoms with Crippen LogP contribution in [0.5, 0.6) is 0 Å². The summed E-state index contributed by atoms with van der Waals surface area (Å²) in [5, 5.41) is 15.0. The van der Waals surface area contributed by atoms with Gasteiger partial charge in [0.1, 0.15) is 0 Å². The lowest BCUT2D eigenvalue weighted by molar-refractivity contribution is 0.0712. The van der Waals surface area contributed by atoms with Gasteiger partial charge in [-0.05, 0) is 44.6 Å². The second-order valence-electron chi connectivity index (χ2n) is 6.43. The molecule has 3 nitrogen and oxygen atoms in total. The Kier molecular flexibility index (Phi) is 5.64. The summed E-state index contributed by atoms with van der Waals surface area (Å²) < 4.78 is 2.03. The summed E-state index contributed by atoms with van der Waals surface area (Å²) in [5.74, 6) is 1.40. The van der Waals surface area contributed by atoms with E-state index in [2.05, 4.69) is 25.0 Å². The van der Waals surface area contributed by atoms with E-state index >= 15 is 0 Å². The zero-order chi connectivity index (χ0) is 14.5. The van der Waals surface area contributed by atoms with Gasteiger partial charge >= 0.3 is 0 Å². The van der Waals surface area contributed by atoms with Crippen molar-refractivity contribution in [1.29, 1.82) is 0 Å². The van der Waals surface area contributed by atoms with Crippen LogP contribution in [0.3, 0.4) is 0 Å². The maximum atomic E-state index is 10.5. The number of nitrogens with zero attached hydrogens (tertiary/aromatic N) is 2. The molecule has 0 aliphatic heterocycles. The van der Waals surface area contributed by atoms with E-state index in [1.807, 2.05) is 11.6 Å². The maximum absolute atomic E-state index is 10.5. The van der Waals surface area contributed by atoms with Crippen molar-refractivity contribution in [1.82, 2.24) is 9.78 Å². The molecule has 114 valence electrons. The third kappa shape index (κ3) is 3.85. The fourth-order valence-corrected chi connectivity index (χ4v) is 3.69. The molecule has 2 rings (SSSR count). The number of hydrogen-bond donors (Lipinski definition) is 1. The van der Waals surface area contributed by atoms with Crippen molar-refractivity contribution in [2.75, 3.05) is 0 Å². The minimum absolute atomic E-state index is 0.195. The predicted octanol–water partition coefficient (Wildman–Crippen LogP) is 3.72. The number of aromatic nitrogens is 2. The molecule has 1 N–H and O–H groups in total. The third-order valence-corrected chi connectivity index (χ3v) is 4.84. The third-order valence-electron chi connectivity index (χ3n) is 4.84. The van der Waals surface area contributed by atoms with Crippen molar-refractivity contribution in [2.24, 2.45) is 11.8 Å². The minimum atomic E-state index is -0.195. The molecule has 0 aromatic carbocycles. The smallest absolute Gasteiger partial charge is 0.0623 e. The van der Waals surface area contributed by atoms with Crippen molar-refractivity contribution in [2.45, 2.75) is 78.4 Å². The summed E-state index contributed by atoms with van der Waals surface area (Å²) in [4.78, 5) is 0. The van der Waals surface area contributed by atoms with E-state index in [-0.39, 0.29) is 6.10 Å². The first-order valence-corrected chi connectivity index (χ1v) is 8.35. The molecule has 1 unspecified atom stereocenters. The van der Waals surface area contributed by atoms with Gasteiger partial charge < -0.3 is 5.11 Å². The van der Waals surface area contributed by atoms with Gasteiger partial charge in [0.2, 0.25) is 0 Å². The van der Waals surface area contributed by atoms with Crippen LogP contribution in [0.1, 0.15) is 63.8 Å². The zero-order valence-electron chi connectivity index (χ0n) is 13.3. The van der Waals surface area contributed by atoms with Gasteiger partial charge in [-0.2, -0.15) is 5.10 Å². The number of hydrogen-bond acceptors (Lipinski definition) is 2. The summed E-state index contributed by atoms with van der Waals surface area (Å²) >= 11 is 0. The molecule has 1 saturated carbocycles. The summed E-state index contributed by atoms with van der Waals surface area (Å²) in [6.45, 7) is 7.30. The van der Waals surface area contributed by atoms with E-state index in [4.69, 9.17) is 0 Å². The monoisotopic (exact) mass is 278 g/mol. The average Bonchev–Trinajstić information content (AvgIpc) is 2.80. The Hall–Kier alpha value is -0.830. The first-order valence-electron chi connectivity index (χ1n) is 8.35. The van der Waals surface area contributed by atoms with E-state index < -0.39 is 0 Å². The van der Waals surface area contributed by atoms with Gasteiger partial charge in [-0.1, -0.05) is 32.6 Å². The standard InChI is InChI=1S/C17H30N2O/c1-4-6-14-7-9-15(10-8-14)17(20)12-16-11-13(3)18-19(16)5-2/h11,14-15,17,20H,4-10,12H2,1-3H3. The summed E-state index contributed by atoms with van der Waals surface area (Å²) in [6.07, 6.45) is 8.24. The molecule has 1 aliphatic carbocycles. The van der Waals surface area contributed by atoms with Crippen LogP contribution in [0.2, 0.25) is 0 Å². The molecule has 0 radical (unpaired) electrons. The number of rotatable bonds is 6.